The average molecular weight is 408 g/mol. The second-order valence-electron chi connectivity index (χ2n) is 5.86. The van der Waals surface area contributed by atoms with E-state index in [9.17, 15) is 8.42 Å². The van der Waals surface area contributed by atoms with Gasteiger partial charge in [0.15, 0.2) is 4.47 Å². The van der Waals surface area contributed by atoms with Crippen molar-refractivity contribution in [2.45, 2.75) is 25.3 Å². The van der Waals surface area contributed by atoms with E-state index in [4.69, 9.17) is 11.6 Å². The molecule has 136 valence electrons. The zero-order chi connectivity index (χ0) is 18.7. The highest BCUT2D eigenvalue weighted by Crippen LogP contribution is 2.22. The molecule has 0 atom stereocenters. The molecule has 0 aliphatic rings. The number of rotatable bonds is 6. The van der Waals surface area contributed by atoms with Crippen LogP contribution in [0.25, 0.3) is 0 Å². The molecule has 0 bridgehead atoms. The third kappa shape index (κ3) is 4.55. The molecule has 8 heteroatoms. The van der Waals surface area contributed by atoms with Crippen molar-refractivity contribution in [1.29, 1.82) is 0 Å². The summed E-state index contributed by atoms with van der Waals surface area (Å²) in [4.78, 5) is 5.20. The third-order valence-corrected chi connectivity index (χ3v) is 6.43. The first-order valence-corrected chi connectivity index (χ1v) is 10.6. The van der Waals surface area contributed by atoms with Gasteiger partial charge < -0.3 is 5.32 Å². The fraction of sp³-hybridized carbons (Fsp3) is 0.167. The van der Waals surface area contributed by atoms with Gasteiger partial charge in [0.25, 0.3) is 10.0 Å². The van der Waals surface area contributed by atoms with Gasteiger partial charge in [-0.3, -0.25) is 4.72 Å². The van der Waals surface area contributed by atoms with E-state index in [0.29, 0.717) is 16.7 Å². The number of nitrogens with zero attached hydrogens (tertiary/aromatic N) is 1. The van der Waals surface area contributed by atoms with Crippen LogP contribution in [0.5, 0.6) is 0 Å². The maximum absolute atomic E-state index is 12.5. The standard InChI is InChI=1S/C18H18ClN3O2S2/c1-12-3-4-15(9-13(12)2)22-26(23,24)17-7-5-14(6-8-17)20-10-16-11-21-18(19)25-16/h3-9,11,20,22H,10H2,1-2H3. The molecule has 5 nitrogen and oxygen atoms in total. The molecular formula is C18H18ClN3O2S2. The van der Waals surface area contributed by atoms with Gasteiger partial charge in [0.05, 0.1) is 11.4 Å². The van der Waals surface area contributed by atoms with Crippen molar-refractivity contribution in [2.75, 3.05) is 10.0 Å². The SMILES string of the molecule is Cc1ccc(NS(=O)(=O)c2ccc(NCc3cnc(Cl)s3)cc2)cc1C. The van der Waals surface area contributed by atoms with Crippen molar-refractivity contribution in [3.05, 3.63) is 69.1 Å². The first-order chi connectivity index (χ1) is 12.3. The maximum atomic E-state index is 12.5. The second-order valence-corrected chi connectivity index (χ2v) is 9.24. The fourth-order valence-corrected chi connectivity index (χ4v) is 4.29. The van der Waals surface area contributed by atoms with E-state index in [1.165, 1.54) is 11.3 Å². The molecular weight excluding hydrogens is 390 g/mol. The number of anilines is 2. The smallest absolute Gasteiger partial charge is 0.261 e. The van der Waals surface area contributed by atoms with Crippen molar-refractivity contribution in [3.63, 3.8) is 0 Å². The van der Waals surface area contributed by atoms with Crippen LogP contribution in [-0.4, -0.2) is 13.4 Å². The van der Waals surface area contributed by atoms with E-state index < -0.39 is 10.0 Å². The molecule has 0 amide bonds. The van der Waals surface area contributed by atoms with Crippen molar-refractivity contribution >= 4 is 44.3 Å². The lowest BCUT2D eigenvalue weighted by molar-refractivity contribution is 0.601. The van der Waals surface area contributed by atoms with Crippen LogP contribution in [0.3, 0.4) is 0 Å². The monoisotopic (exact) mass is 407 g/mol. The fourth-order valence-electron chi connectivity index (χ4n) is 2.33. The molecule has 0 unspecified atom stereocenters. The zero-order valence-electron chi connectivity index (χ0n) is 14.3. The first-order valence-electron chi connectivity index (χ1n) is 7.88. The van der Waals surface area contributed by atoms with Crippen LogP contribution in [0.4, 0.5) is 11.4 Å². The summed E-state index contributed by atoms with van der Waals surface area (Å²) < 4.78 is 28.2. The lowest BCUT2D eigenvalue weighted by Gasteiger charge is -2.11. The minimum Gasteiger partial charge on any atom is -0.380 e. The molecule has 3 rings (SSSR count). The molecule has 0 saturated carbocycles. The third-order valence-electron chi connectivity index (χ3n) is 3.92. The summed E-state index contributed by atoms with van der Waals surface area (Å²) in [6.07, 6.45) is 1.71. The minimum absolute atomic E-state index is 0.210. The Hall–Kier alpha value is -2.09. The van der Waals surface area contributed by atoms with E-state index in [1.54, 1.807) is 36.5 Å². The van der Waals surface area contributed by atoms with Crippen molar-refractivity contribution in [1.82, 2.24) is 4.98 Å². The Labute approximate surface area is 162 Å². The molecule has 0 saturated heterocycles. The van der Waals surface area contributed by atoms with Crippen LogP contribution in [0.15, 0.2) is 53.6 Å². The van der Waals surface area contributed by atoms with Crippen molar-refractivity contribution in [3.8, 4) is 0 Å². The largest absolute Gasteiger partial charge is 0.380 e. The summed E-state index contributed by atoms with van der Waals surface area (Å²) in [7, 11) is -3.63. The number of halogens is 1. The van der Waals surface area contributed by atoms with Crippen molar-refractivity contribution in [2.24, 2.45) is 0 Å². The van der Waals surface area contributed by atoms with E-state index in [2.05, 4.69) is 15.0 Å². The molecule has 0 radical (unpaired) electrons. The lowest BCUT2D eigenvalue weighted by Crippen LogP contribution is -2.13. The number of benzene rings is 2. The molecule has 0 fully saturated rings. The Bertz CT molecular complexity index is 1020. The quantitative estimate of drug-likeness (QED) is 0.614. The topological polar surface area (TPSA) is 71.1 Å². The van der Waals surface area contributed by atoms with Gasteiger partial charge in [-0.1, -0.05) is 17.7 Å². The number of hydrogen-bond acceptors (Lipinski definition) is 5. The van der Waals surface area contributed by atoms with E-state index in [0.717, 1.165) is 21.7 Å². The maximum Gasteiger partial charge on any atom is 0.261 e. The van der Waals surface area contributed by atoms with Gasteiger partial charge in [-0.2, -0.15) is 0 Å². The van der Waals surface area contributed by atoms with Crippen LogP contribution in [0, 0.1) is 13.8 Å². The summed E-state index contributed by atoms with van der Waals surface area (Å²) >= 11 is 7.21. The Kier molecular flexibility index (Phi) is 5.50. The van der Waals surface area contributed by atoms with Gasteiger partial charge in [-0.25, -0.2) is 13.4 Å². The molecule has 1 heterocycles. The van der Waals surface area contributed by atoms with Crippen LogP contribution >= 0.6 is 22.9 Å². The summed E-state index contributed by atoms with van der Waals surface area (Å²) in [5, 5.41) is 3.21. The zero-order valence-corrected chi connectivity index (χ0v) is 16.7. The van der Waals surface area contributed by atoms with Gasteiger partial charge >= 0.3 is 0 Å². The summed E-state index contributed by atoms with van der Waals surface area (Å²) in [6, 6.07) is 12.1. The molecule has 0 aliphatic heterocycles. The molecule has 3 aromatic rings. The highest BCUT2D eigenvalue weighted by molar-refractivity contribution is 7.92. The van der Waals surface area contributed by atoms with Crippen LogP contribution in [-0.2, 0) is 16.6 Å². The predicted molar refractivity (Wildman–Crippen MR) is 108 cm³/mol. The Morgan fingerprint density at radius 2 is 1.73 bits per heavy atom. The van der Waals surface area contributed by atoms with Crippen LogP contribution < -0.4 is 10.0 Å². The van der Waals surface area contributed by atoms with Gasteiger partial charge in [-0.05, 0) is 61.4 Å². The summed E-state index contributed by atoms with van der Waals surface area (Å²) in [5.41, 5.74) is 3.52. The number of hydrogen-bond donors (Lipinski definition) is 2. The van der Waals surface area contributed by atoms with Gasteiger partial charge in [0, 0.05) is 22.4 Å². The van der Waals surface area contributed by atoms with Crippen molar-refractivity contribution < 1.29 is 8.42 Å². The number of thiazole rings is 1. The number of aromatic nitrogens is 1. The van der Waals surface area contributed by atoms with Crippen LogP contribution in [0.1, 0.15) is 16.0 Å². The van der Waals surface area contributed by atoms with E-state index in [1.807, 2.05) is 26.0 Å². The molecule has 2 N–H and O–H groups in total. The molecule has 2 aromatic carbocycles. The molecule has 1 aromatic heterocycles. The van der Waals surface area contributed by atoms with Crippen LogP contribution in [0.2, 0.25) is 4.47 Å². The van der Waals surface area contributed by atoms with Gasteiger partial charge in [-0.15, -0.1) is 11.3 Å². The van der Waals surface area contributed by atoms with E-state index in [-0.39, 0.29) is 4.90 Å². The normalized spacial score (nSPS) is 11.3. The van der Waals surface area contributed by atoms with E-state index >= 15 is 0 Å². The Balaban J connectivity index is 1.69. The molecule has 0 aliphatic carbocycles. The highest BCUT2D eigenvalue weighted by atomic mass is 35.5. The summed E-state index contributed by atoms with van der Waals surface area (Å²) in [5.74, 6) is 0. The van der Waals surface area contributed by atoms with Gasteiger partial charge in [0.1, 0.15) is 0 Å². The highest BCUT2D eigenvalue weighted by Gasteiger charge is 2.14. The average Bonchev–Trinajstić information content (AvgIpc) is 3.02. The molecule has 26 heavy (non-hydrogen) atoms. The second kappa shape index (κ2) is 7.65. The Morgan fingerprint density at radius 3 is 2.35 bits per heavy atom. The minimum atomic E-state index is -3.63. The molecule has 0 spiro atoms. The Morgan fingerprint density at radius 1 is 1.04 bits per heavy atom. The number of nitrogens with one attached hydrogen (secondary N) is 2. The number of aryl methyl sites for hydroxylation is 2. The summed E-state index contributed by atoms with van der Waals surface area (Å²) in [6.45, 7) is 4.51. The predicted octanol–water partition coefficient (Wildman–Crippen LogP) is 4.83. The lowest BCUT2D eigenvalue weighted by atomic mass is 10.1. The first kappa shape index (κ1) is 18.7. The van der Waals surface area contributed by atoms with Gasteiger partial charge in [0.2, 0.25) is 0 Å². The number of sulfonamides is 1.